The van der Waals surface area contributed by atoms with E-state index in [0.29, 0.717) is 11.8 Å². The third kappa shape index (κ3) is 2.18. The molecular formula is C9H8INO2. The average Bonchev–Trinajstić information content (AvgIpc) is 2.89. The van der Waals surface area contributed by atoms with Crippen LogP contribution in [0.15, 0.2) is 12.3 Å². The maximum atomic E-state index is 10.5. The Kier molecular flexibility index (Phi) is 2.48. The molecule has 4 heteroatoms. The summed E-state index contributed by atoms with van der Waals surface area (Å²) < 4.78 is 6.36. The summed E-state index contributed by atoms with van der Waals surface area (Å²) in [5.74, 6) is 0.762. The van der Waals surface area contributed by atoms with E-state index >= 15 is 0 Å². The van der Waals surface area contributed by atoms with Gasteiger partial charge in [0, 0.05) is 3.57 Å². The number of ether oxygens (including phenoxy) is 1. The topological polar surface area (TPSA) is 39.2 Å². The lowest BCUT2D eigenvalue weighted by Gasteiger charge is -2.04. The second-order valence-electron chi connectivity index (χ2n) is 2.97. The van der Waals surface area contributed by atoms with Gasteiger partial charge in [0.15, 0.2) is 6.29 Å². The Morgan fingerprint density at radius 1 is 1.62 bits per heavy atom. The minimum Gasteiger partial charge on any atom is -0.489 e. The van der Waals surface area contributed by atoms with E-state index in [4.69, 9.17) is 4.74 Å². The molecule has 1 aromatic heterocycles. The number of rotatable bonds is 3. The predicted molar refractivity (Wildman–Crippen MR) is 56.0 cm³/mol. The van der Waals surface area contributed by atoms with Gasteiger partial charge in [-0.15, -0.1) is 0 Å². The average molecular weight is 289 g/mol. The summed E-state index contributed by atoms with van der Waals surface area (Å²) >= 11 is 2.08. The Balaban J connectivity index is 2.18. The Labute approximate surface area is 89.6 Å². The Bertz CT molecular complexity index is 336. The van der Waals surface area contributed by atoms with Gasteiger partial charge in [0.25, 0.3) is 0 Å². The van der Waals surface area contributed by atoms with E-state index in [-0.39, 0.29) is 0 Å². The van der Waals surface area contributed by atoms with Crippen LogP contribution in [0.1, 0.15) is 23.3 Å². The van der Waals surface area contributed by atoms with Crippen molar-refractivity contribution in [2.24, 2.45) is 0 Å². The molecule has 0 atom stereocenters. The molecule has 2 rings (SSSR count). The van der Waals surface area contributed by atoms with Crippen molar-refractivity contribution in [1.29, 1.82) is 0 Å². The second-order valence-corrected chi connectivity index (χ2v) is 4.14. The zero-order valence-corrected chi connectivity index (χ0v) is 9.02. The lowest BCUT2D eigenvalue weighted by molar-refractivity contribution is 0.111. The van der Waals surface area contributed by atoms with Crippen molar-refractivity contribution in [2.75, 3.05) is 0 Å². The third-order valence-corrected chi connectivity index (χ3v) is 2.65. The minimum atomic E-state index is 0.375. The van der Waals surface area contributed by atoms with Gasteiger partial charge in [-0.3, -0.25) is 4.79 Å². The van der Waals surface area contributed by atoms with Gasteiger partial charge in [-0.1, -0.05) is 0 Å². The first-order valence-corrected chi connectivity index (χ1v) is 5.15. The van der Waals surface area contributed by atoms with Crippen LogP contribution in [0.25, 0.3) is 0 Å². The van der Waals surface area contributed by atoms with Crippen molar-refractivity contribution in [1.82, 2.24) is 4.98 Å². The highest BCUT2D eigenvalue weighted by molar-refractivity contribution is 14.1. The molecule has 1 aromatic rings. The molecule has 0 saturated heterocycles. The van der Waals surface area contributed by atoms with Gasteiger partial charge >= 0.3 is 0 Å². The van der Waals surface area contributed by atoms with Gasteiger partial charge in [0.2, 0.25) is 0 Å². The van der Waals surface area contributed by atoms with E-state index in [2.05, 4.69) is 27.6 Å². The molecule has 1 aliphatic rings. The van der Waals surface area contributed by atoms with Crippen molar-refractivity contribution in [3.8, 4) is 5.75 Å². The molecule has 3 nitrogen and oxygen atoms in total. The maximum Gasteiger partial charge on any atom is 0.169 e. The lowest BCUT2D eigenvalue weighted by atomic mass is 10.4. The van der Waals surface area contributed by atoms with Crippen molar-refractivity contribution in [3.63, 3.8) is 0 Å². The van der Waals surface area contributed by atoms with Crippen LogP contribution in [-0.4, -0.2) is 17.4 Å². The Morgan fingerprint density at radius 3 is 2.92 bits per heavy atom. The van der Waals surface area contributed by atoms with E-state index in [9.17, 15) is 4.79 Å². The summed E-state index contributed by atoms with van der Waals surface area (Å²) in [6.07, 6.45) is 4.99. The Morgan fingerprint density at radius 2 is 2.38 bits per heavy atom. The summed E-state index contributed by atoms with van der Waals surface area (Å²) in [5.41, 5.74) is 0.476. The smallest absolute Gasteiger partial charge is 0.169 e. The fourth-order valence-corrected chi connectivity index (χ4v) is 1.53. The molecule has 13 heavy (non-hydrogen) atoms. The van der Waals surface area contributed by atoms with Crippen molar-refractivity contribution in [2.45, 2.75) is 18.9 Å². The summed E-state index contributed by atoms with van der Waals surface area (Å²) in [7, 11) is 0. The van der Waals surface area contributed by atoms with E-state index < -0.39 is 0 Å². The van der Waals surface area contributed by atoms with Crippen LogP contribution < -0.4 is 4.74 Å². The summed E-state index contributed by atoms with van der Waals surface area (Å²) in [6, 6.07) is 1.84. The molecule has 1 aliphatic carbocycles. The molecule has 1 fully saturated rings. The fourth-order valence-electron chi connectivity index (χ4n) is 0.960. The first-order valence-electron chi connectivity index (χ1n) is 4.07. The van der Waals surface area contributed by atoms with E-state index in [1.807, 2.05) is 6.07 Å². The molecule has 0 bridgehead atoms. The predicted octanol–water partition coefficient (Wildman–Crippen LogP) is 2.04. The number of carbonyl (C=O) groups is 1. The summed E-state index contributed by atoms with van der Waals surface area (Å²) in [5, 5.41) is 0. The van der Waals surface area contributed by atoms with Gasteiger partial charge in [0.05, 0.1) is 12.3 Å². The minimum absolute atomic E-state index is 0.375. The first kappa shape index (κ1) is 8.93. The van der Waals surface area contributed by atoms with E-state index in [1.165, 1.54) is 0 Å². The monoisotopic (exact) mass is 289 g/mol. The summed E-state index contributed by atoms with van der Waals surface area (Å²) in [6.45, 7) is 0. The molecular weight excluding hydrogens is 281 g/mol. The first-order chi connectivity index (χ1) is 6.29. The molecule has 0 aromatic carbocycles. The number of carbonyl (C=O) groups excluding carboxylic acids is 1. The standard InChI is InChI=1S/C9H8INO2/c10-8-3-7(13-6-1-2-6)4-11-9(8)5-12/h3-6H,1-2H2. The molecule has 0 N–H and O–H groups in total. The molecule has 0 unspecified atom stereocenters. The largest absolute Gasteiger partial charge is 0.489 e. The number of hydrogen-bond acceptors (Lipinski definition) is 3. The molecule has 68 valence electrons. The van der Waals surface area contributed by atoms with Crippen LogP contribution in [0, 0.1) is 3.57 Å². The number of hydrogen-bond donors (Lipinski definition) is 0. The van der Waals surface area contributed by atoms with Crippen LogP contribution in [0.3, 0.4) is 0 Å². The van der Waals surface area contributed by atoms with Crippen LogP contribution in [0.5, 0.6) is 5.75 Å². The van der Waals surface area contributed by atoms with Crippen LogP contribution in [-0.2, 0) is 0 Å². The van der Waals surface area contributed by atoms with Crippen molar-refractivity contribution >= 4 is 28.9 Å². The van der Waals surface area contributed by atoms with Gasteiger partial charge in [0.1, 0.15) is 11.4 Å². The fraction of sp³-hybridized carbons (Fsp3) is 0.333. The van der Waals surface area contributed by atoms with Gasteiger partial charge in [-0.2, -0.15) is 0 Å². The van der Waals surface area contributed by atoms with Crippen LogP contribution in [0.4, 0.5) is 0 Å². The zero-order valence-electron chi connectivity index (χ0n) is 6.87. The maximum absolute atomic E-state index is 10.5. The quantitative estimate of drug-likeness (QED) is 0.631. The van der Waals surface area contributed by atoms with Gasteiger partial charge < -0.3 is 4.74 Å². The lowest BCUT2D eigenvalue weighted by Crippen LogP contribution is -1.99. The third-order valence-electron chi connectivity index (χ3n) is 1.78. The molecule has 0 spiro atoms. The molecule has 0 radical (unpaired) electrons. The van der Waals surface area contributed by atoms with Crippen LogP contribution in [0.2, 0.25) is 0 Å². The highest BCUT2D eigenvalue weighted by atomic mass is 127. The van der Waals surface area contributed by atoms with E-state index in [0.717, 1.165) is 28.4 Å². The van der Waals surface area contributed by atoms with Crippen LogP contribution >= 0.6 is 22.6 Å². The van der Waals surface area contributed by atoms with E-state index in [1.54, 1.807) is 6.20 Å². The SMILES string of the molecule is O=Cc1ncc(OC2CC2)cc1I. The molecule has 0 amide bonds. The van der Waals surface area contributed by atoms with Crippen molar-refractivity contribution in [3.05, 3.63) is 21.5 Å². The highest BCUT2D eigenvalue weighted by Crippen LogP contribution is 2.27. The number of pyridine rings is 1. The second kappa shape index (κ2) is 3.61. The van der Waals surface area contributed by atoms with Gasteiger partial charge in [-0.25, -0.2) is 4.98 Å². The normalized spacial score (nSPS) is 15.5. The summed E-state index contributed by atoms with van der Waals surface area (Å²) in [4.78, 5) is 14.4. The molecule has 1 heterocycles. The zero-order chi connectivity index (χ0) is 9.26. The number of aromatic nitrogens is 1. The number of aldehydes is 1. The number of nitrogens with zero attached hydrogens (tertiary/aromatic N) is 1. The molecule has 1 saturated carbocycles. The number of halogens is 1. The Hall–Kier alpha value is -0.650. The van der Waals surface area contributed by atoms with Crippen molar-refractivity contribution < 1.29 is 9.53 Å². The van der Waals surface area contributed by atoms with Gasteiger partial charge in [-0.05, 0) is 41.5 Å². The highest BCUT2D eigenvalue weighted by Gasteiger charge is 2.23. The molecule has 0 aliphatic heterocycles.